The van der Waals surface area contributed by atoms with Gasteiger partial charge in [-0.3, -0.25) is 4.79 Å². The minimum absolute atomic E-state index is 0.0432. The van der Waals surface area contributed by atoms with Crippen molar-refractivity contribution in [3.63, 3.8) is 0 Å². The van der Waals surface area contributed by atoms with Crippen molar-refractivity contribution in [1.82, 2.24) is 15.1 Å². The second kappa shape index (κ2) is 6.57. The maximum absolute atomic E-state index is 12.4. The van der Waals surface area contributed by atoms with Crippen LogP contribution >= 0.6 is 11.6 Å². The molecule has 1 aliphatic heterocycles. The first-order valence-corrected chi connectivity index (χ1v) is 7.76. The number of halogens is 1. The summed E-state index contributed by atoms with van der Waals surface area (Å²) in [6, 6.07) is 6.85. The van der Waals surface area contributed by atoms with Gasteiger partial charge in [0.1, 0.15) is 0 Å². The van der Waals surface area contributed by atoms with Crippen LogP contribution in [0, 0.1) is 0 Å². The number of nitrogens with zero attached hydrogens (tertiary/aromatic N) is 2. The number of hydrogen-bond donors (Lipinski definition) is 1. The number of urea groups is 1. The SMILES string of the molecule is CC(C)(C)NC(=O)N1CCN(C(=O)c2cccc(Cl)c2)CC1. The Morgan fingerprint density at radius 3 is 2.23 bits per heavy atom. The van der Waals surface area contributed by atoms with Gasteiger partial charge in [0.15, 0.2) is 0 Å². The van der Waals surface area contributed by atoms with E-state index >= 15 is 0 Å². The summed E-state index contributed by atoms with van der Waals surface area (Å²) in [4.78, 5) is 28.0. The van der Waals surface area contributed by atoms with E-state index in [2.05, 4.69) is 5.32 Å². The molecule has 3 amide bonds. The van der Waals surface area contributed by atoms with Crippen molar-refractivity contribution in [3.05, 3.63) is 34.9 Å². The predicted octanol–water partition coefficient (Wildman–Crippen LogP) is 2.61. The van der Waals surface area contributed by atoms with Gasteiger partial charge in [-0.05, 0) is 39.0 Å². The summed E-state index contributed by atoms with van der Waals surface area (Å²) < 4.78 is 0. The minimum Gasteiger partial charge on any atom is -0.335 e. The molecule has 22 heavy (non-hydrogen) atoms. The first kappa shape index (κ1) is 16.6. The molecule has 0 bridgehead atoms. The van der Waals surface area contributed by atoms with Gasteiger partial charge in [-0.2, -0.15) is 0 Å². The molecule has 1 heterocycles. The number of piperazine rings is 1. The molecule has 0 spiro atoms. The van der Waals surface area contributed by atoms with Crippen molar-refractivity contribution in [2.45, 2.75) is 26.3 Å². The highest BCUT2D eigenvalue weighted by Gasteiger charge is 2.26. The Labute approximate surface area is 136 Å². The van der Waals surface area contributed by atoms with E-state index in [0.29, 0.717) is 36.8 Å². The van der Waals surface area contributed by atoms with Crippen molar-refractivity contribution in [2.24, 2.45) is 0 Å². The van der Waals surface area contributed by atoms with E-state index in [1.165, 1.54) is 0 Å². The summed E-state index contributed by atoms with van der Waals surface area (Å²) in [5.74, 6) is -0.0432. The Morgan fingerprint density at radius 1 is 1.09 bits per heavy atom. The van der Waals surface area contributed by atoms with Gasteiger partial charge in [0.2, 0.25) is 0 Å². The standard InChI is InChI=1S/C16H22ClN3O2/c1-16(2,3)18-15(22)20-9-7-19(8-10-20)14(21)12-5-4-6-13(17)11-12/h4-6,11H,7-10H2,1-3H3,(H,18,22). The average molecular weight is 324 g/mol. The zero-order chi connectivity index (χ0) is 16.3. The van der Waals surface area contributed by atoms with Crippen LogP contribution in [-0.2, 0) is 0 Å². The quantitative estimate of drug-likeness (QED) is 0.863. The molecule has 0 aliphatic carbocycles. The third kappa shape index (κ3) is 4.37. The van der Waals surface area contributed by atoms with Gasteiger partial charge in [-0.1, -0.05) is 17.7 Å². The molecular formula is C16H22ClN3O2. The first-order valence-electron chi connectivity index (χ1n) is 7.38. The van der Waals surface area contributed by atoms with Crippen LogP contribution in [0.4, 0.5) is 4.79 Å². The van der Waals surface area contributed by atoms with E-state index in [-0.39, 0.29) is 17.5 Å². The summed E-state index contributed by atoms with van der Waals surface area (Å²) in [7, 11) is 0. The van der Waals surface area contributed by atoms with Gasteiger partial charge in [0.25, 0.3) is 5.91 Å². The lowest BCUT2D eigenvalue weighted by Gasteiger charge is -2.36. The fraction of sp³-hybridized carbons (Fsp3) is 0.500. The Hall–Kier alpha value is -1.75. The highest BCUT2D eigenvalue weighted by molar-refractivity contribution is 6.30. The Balaban J connectivity index is 1.92. The molecule has 1 N–H and O–H groups in total. The number of nitrogens with one attached hydrogen (secondary N) is 1. The molecule has 1 saturated heterocycles. The zero-order valence-corrected chi connectivity index (χ0v) is 14.0. The molecule has 0 atom stereocenters. The van der Waals surface area contributed by atoms with E-state index in [4.69, 9.17) is 11.6 Å². The fourth-order valence-corrected chi connectivity index (χ4v) is 2.51. The second-order valence-electron chi connectivity index (χ2n) is 6.47. The molecule has 0 unspecified atom stereocenters. The molecule has 6 heteroatoms. The first-order chi connectivity index (χ1) is 10.3. The predicted molar refractivity (Wildman–Crippen MR) is 87.2 cm³/mol. The Bertz CT molecular complexity index is 561. The molecular weight excluding hydrogens is 302 g/mol. The van der Waals surface area contributed by atoms with Crippen molar-refractivity contribution >= 4 is 23.5 Å². The van der Waals surface area contributed by atoms with Crippen LogP contribution < -0.4 is 5.32 Å². The number of benzene rings is 1. The van der Waals surface area contributed by atoms with E-state index in [0.717, 1.165) is 0 Å². The van der Waals surface area contributed by atoms with Gasteiger partial charge in [-0.15, -0.1) is 0 Å². The normalized spacial score (nSPS) is 15.6. The van der Waals surface area contributed by atoms with Crippen LogP contribution in [0.15, 0.2) is 24.3 Å². The molecule has 5 nitrogen and oxygen atoms in total. The number of hydrogen-bond acceptors (Lipinski definition) is 2. The molecule has 1 fully saturated rings. The average Bonchev–Trinajstić information content (AvgIpc) is 2.45. The number of rotatable bonds is 1. The van der Waals surface area contributed by atoms with Crippen LogP contribution in [0.1, 0.15) is 31.1 Å². The topological polar surface area (TPSA) is 52.7 Å². The van der Waals surface area contributed by atoms with E-state index in [9.17, 15) is 9.59 Å². The van der Waals surface area contributed by atoms with Crippen molar-refractivity contribution in [3.8, 4) is 0 Å². The zero-order valence-electron chi connectivity index (χ0n) is 13.2. The number of carbonyl (C=O) groups excluding carboxylic acids is 2. The number of amides is 3. The molecule has 0 radical (unpaired) electrons. The molecule has 1 aromatic carbocycles. The van der Waals surface area contributed by atoms with Crippen LogP contribution in [0.2, 0.25) is 5.02 Å². The second-order valence-corrected chi connectivity index (χ2v) is 6.91. The van der Waals surface area contributed by atoms with Gasteiger partial charge >= 0.3 is 6.03 Å². The van der Waals surface area contributed by atoms with Gasteiger partial charge < -0.3 is 15.1 Å². The van der Waals surface area contributed by atoms with Gasteiger partial charge in [0.05, 0.1) is 0 Å². The summed E-state index contributed by atoms with van der Waals surface area (Å²) in [5.41, 5.74) is 0.324. The van der Waals surface area contributed by atoms with Crippen molar-refractivity contribution < 1.29 is 9.59 Å². The Kier molecular flexibility index (Phi) is 4.96. The maximum atomic E-state index is 12.4. The third-order valence-corrected chi connectivity index (χ3v) is 3.64. The number of carbonyl (C=O) groups is 2. The lowest BCUT2D eigenvalue weighted by molar-refractivity contribution is 0.0661. The molecule has 2 rings (SSSR count). The monoisotopic (exact) mass is 323 g/mol. The highest BCUT2D eigenvalue weighted by atomic mass is 35.5. The summed E-state index contributed by atoms with van der Waals surface area (Å²) in [6.07, 6.45) is 0. The molecule has 120 valence electrons. The Morgan fingerprint density at radius 2 is 1.68 bits per heavy atom. The largest absolute Gasteiger partial charge is 0.335 e. The molecule has 0 aromatic heterocycles. The summed E-state index contributed by atoms with van der Waals surface area (Å²) in [5, 5.41) is 3.49. The van der Waals surface area contributed by atoms with Crippen LogP contribution in [-0.4, -0.2) is 53.5 Å². The molecule has 1 aliphatic rings. The third-order valence-electron chi connectivity index (χ3n) is 3.41. The maximum Gasteiger partial charge on any atom is 0.317 e. The highest BCUT2D eigenvalue weighted by Crippen LogP contribution is 2.14. The van der Waals surface area contributed by atoms with Crippen LogP contribution in [0.25, 0.3) is 0 Å². The van der Waals surface area contributed by atoms with E-state index < -0.39 is 0 Å². The lowest BCUT2D eigenvalue weighted by atomic mass is 10.1. The summed E-state index contributed by atoms with van der Waals surface area (Å²) >= 11 is 5.92. The van der Waals surface area contributed by atoms with Crippen LogP contribution in [0.3, 0.4) is 0 Å². The molecule has 1 aromatic rings. The fourth-order valence-electron chi connectivity index (χ4n) is 2.32. The van der Waals surface area contributed by atoms with E-state index in [1.54, 1.807) is 34.1 Å². The smallest absolute Gasteiger partial charge is 0.317 e. The summed E-state index contributed by atoms with van der Waals surface area (Å²) in [6.45, 7) is 7.98. The van der Waals surface area contributed by atoms with Crippen molar-refractivity contribution in [1.29, 1.82) is 0 Å². The van der Waals surface area contributed by atoms with Crippen molar-refractivity contribution in [2.75, 3.05) is 26.2 Å². The van der Waals surface area contributed by atoms with E-state index in [1.807, 2.05) is 20.8 Å². The lowest BCUT2D eigenvalue weighted by Crippen LogP contribution is -2.56. The van der Waals surface area contributed by atoms with Crippen LogP contribution in [0.5, 0.6) is 0 Å². The molecule has 0 saturated carbocycles. The minimum atomic E-state index is -0.259. The van der Waals surface area contributed by atoms with Gasteiger partial charge in [0, 0.05) is 42.3 Å². The van der Waals surface area contributed by atoms with Gasteiger partial charge in [-0.25, -0.2) is 4.79 Å².